The summed E-state index contributed by atoms with van der Waals surface area (Å²) in [5, 5.41) is 9.31. The Kier molecular flexibility index (Phi) is 8.90. The van der Waals surface area contributed by atoms with E-state index < -0.39 is 0 Å². The van der Waals surface area contributed by atoms with Gasteiger partial charge in [0.05, 0.1) is 0 Å². The van der Waals surface area contributed by atoms with E-state index >= 15 is 0 Å². The Morgan fingerprint density at radius 2 is 1.75 bits per heavy atom. The molecule has 1 unspecified atom stereocenters. The molecule has 0 radical (unpaired) electrons. The van der Waals surface area contributed by atoms with Crippen molar-refractivity contribution in [2.45, 2.75) is 19.4 Å². The van der Waals surface area contributed by atoms with Gasteiger partial charge in [0.2, 0.25) is 5.91 Å². The minimum atomic E-state index is 0. The van der Waals surface area contributed by atoms with E-state index in [0.29, 0.717) is 18.9 Å². The number of likely N-dealkylation sites (tertiary alicyclic amines) is 1. The summed E-state index contributed by atoms with van der Waals surface area (Å²) in [6.07, 6.45) is 1.50. The normalized spacial score (nSPS) is 16.2. The van der Waals surface area contributed by atoms with E-state index in [2.05, 4.69) is 70.2 Å². The molecule has 0 spiro atoms. The molecule has 1 amide bonds. The van der Waals surface area contributed by atoms with Crippen molar-refractivity contribution in [3.63, 3.8) is 0 Å². The minimum Gasteiger partial charge on any atom is -0.356 e. The van der Waals surface area contributed by atoms with Gasteiger partial charge in [-0.1, -0.05) is 72.8 Å². The molecule has 5 nitrogen and oxygen atoms in total. The fourth-order valence-electron chi connectivity index (χ4n) is 4.20. The molecular formula is C26H31IN4O. The van der Waals surface area contributed by atoms with Crippen LogP contribution in [0.3, 0.4) is 0 Å². The largest absolute Gasteiger partial charge is 0.356 e. The van der Waals surface area contributed by atoms with Crippen molar-refractivity contribution < 1.29 is 4.79 Å². The number of nitrogens with zero attached hydrogens (tertiary/aromatic N) is 2. The van der Waals surface area contributed by atoms with Gasteiger partial charge in [0.1, 0.15) is 0 Å². The molecule has 3 aromatic rings. The fourth-order valence-corrected chi connectivity index (χ4v) is 4.20. The summed E-state index contributed by atoms with van der Waals surface area (Å²) in [7, 11) is 1.78. The third-order valence-corrected chi connectivity index (χ3v) is 5.92. The maximum absolute atomic E-state index is 12.4. The topological polar surface area (TPSA) is 56.7 Å². The second-order valence-corrected chi connectivity index (χ2v) is 8.09. The first-order valence-corrected chi connectivity index (χ1v) is 11.0. The molecule has 0 aliphatic carbocycles. The van der Waals surface area contributed by atoms with Crippen molar-refractivity contribution in [3.8, 4) is 0 Å². The Morgan fingerprint density at radius 3 is 2.56 bits per heavy atom. The summed E-state index contributed by atoms with van der Waals surface area (Å²) >= 11 is 0. The van der Waals surface area contributed by atoms with Gasteiger partial charge in [-0.25, -0.2) is 0 Å². The zero-order chi connectivity index (χ0) is 21.5. The lowest BCUT2D eigenvalue weighted by atomic mass is 10.0. The van der Waals surface area contributed by atoms with Crippen molar-refractivity contribution in [3.05, 3.63) is 83.9 Å². The van der Waals surface area contributed by atoms with Gasteiger partial charge in [0.25, 0.3) is 0 Å². The van der Waals surface area contributed by atoms with Crippen molar-refractivity contribution in [1.29, 1.82) is 0 Å². The number of fused-ring (bicyclic) bond motifs is 1. The standard InChI is InChI=1S/C26H30N4O.HI/c1-27-26(29-18-23-12-7-11-22-10-5-6-13-24(22)23)28-17-21-16-25(31)30(19-21)15-14-20-8-3-2-4-9-20;/h2-13,21H,14-19H2,1H3,(H2,27,28,29);1H. The van der Waals surface area contributed by atoms with Crippen LogP contribution in [0.2, 0.25) is 0 Å². The summed E-state index contributed by atoms with van der Waals surface area (Å²) in [5.74, 6) is 1.32. The van der Waals surface area contributed by atoms with Crippen LogP contribution in [0.4, 0.5) is 0 Å². The van der Waals surface area contributed by atoms with Crippen molar-refractivity contribution in [2.75, 3.05) is 26.7 Å². The summed E-state index contributed by atoms with van der Waals surface area (Å²) < 4.78 is 0. The van der Waals surface area contributed by atoms with Crippen molar-refractivity contribution in [1.82, 2.24) is 15.5 Å². The van der Waals surface area contributed by atoms with Crippen LogP contribution >= 0.6 is 24.0 Å². The van der Waals surface area contributed by atoms with Gasteiger partial charge in [-0.2, -0.15) is 0 Å². The molecule has 1 aliphatic heterocycles. The Hall–Kier alpha value is -2.61. The predicted octanol–water partition coefficient (Wildman–Crippen LogP) is 4.21. The Bertz CT molecular complexity index is 1050. The van der Waals surface area contributed by atoms with Crippen LogP contribution in [0, 0.1) is 5.92 Å². The van der Waals surface area contributed by atoms with Crippen LogP contribution < -0.4 is 10.6 Å². The van der Waals surface area contributed by atoms with Gasteiger partial charge in [0.15, 0.2) is 5.96 Å². The van der Waals surface area contributed by atoms with E-state index in [4.69, 9.17) is 0 Å². The van der Waals surface area contributed by atoms with Crippen LogP contribution in [-0.4, -0.2) is 43.4 Å². The molecule has 168 valence electrons. The zero-order valence-electron chi connectivity index (χ0n) is 18.5. The lowest BCUT2D eigenvalue weighted by Crippen LogP contribution is -2.40. The molecule has 1 aliphatic rings. The molecular weight excluding hydrogens is 511 g/mol. The van der Waals surface area contributed by atoms with E-state index in [1.807, 2.05) is 23.1 Å². The second kappa shape index (κ2) is 11.9. The van der Waals surface area contributed by atoms with Gasteiger partial charge in [-0.3, -0.25) is 9.79 Å². The molecule has 6 heteroatoms. The van der Waals surface area contributed by atoms with Crippen molar-refractivity contribution in [2.24, 2.45) is 10.9 Å². The average Bonchev–Trinajstić information content (AvgIpc) is 3.18. The summed E-state index contributed by atoms with van der Waals surface area (Å²) in [4.78, 5) is 18.8. The Balaban J connectivity index is 0.00000289. The van der Waals surface area contributed by atoms with E-state index in [9.17, 15) is 4.79 Å². The number of carbonyl (C=O) groups is 1. The van der Waals surface area contributed by atoms with Crippen molar-refractivity contribution >= 4 is 46.6 Å². The highest BCUT2D eigenvalue weighted by atomic mass is 127. The molecule has 32 heavy (non-hydrogen) atoms. The number of amides is 1. The highest BCUT2D eigenvalue weighted by Crippen LogP contribution is 2.19. The average molecular weight is 542 g/mol. The maximum Gasteiger partial charge on any atom is 0.223 e. The molecule has 1 atom stereocenters. The highest BCUT2D eigenvalue weighted by molar-refractivity contribution is 14.0. The highest BCUT2D eigenvalue weighted by Gasteiger charge is 2.29. The van der Waals surface area contributed by atoms with Crippen LogP contribution in [-0.2, 0) is 17.8 Å². The van der Waals surface area contributed by atoms with Crippen LogP contribution in [0.1, 0.15) is 17.5 Å². The Labute approximate surface area is 207 Å². The molecule has 0 bridgehead atoms. The Morgan fingerprint density at radius 1 is 1.00 bits per heavy atom. The lowest BCUT2D eigenvalue weighted by molar-refractivity contribution is -0.127. The molecule has 0 aromatic heterocycles. The zero-order valence-corrected chi connectivity index (χ0v) is 20.8. The molecule has 3 aromatic carbocycles. The first kappa shape index (κ1) is 24.0. The monoisotopic (exact) mass is 542 g/mol. The van der Waals surface area contributed by atoms with Crippen LogP contribution in [0.15, 0.2) is 77.8 Å². The number of rotatable bonds is 7. The summed E-state index contributed by atoms with van der Waals surface area (Å²) in [5.41, 5.74) is 2.51. The van der Waals surface area contributed by atoms with Gasteiger partial charge < -0.3 is 15.5 Å². The van der Waals surface area contributed by atoms with Crippen LogP contribution in [0.25, 0.3) is 10.8 Å². The molecule has 2 N–H and O–H groups in total. The van der Waals surface area contributed by atoms with E-state index in [1.165, 1.54) is 21.9 Å². The number of guanidine groups is 1. The molecule has 4 rings (SSSR count). The summed E-state index contributed by atoms with van der Waals surface area (Å²) in [6, 6.07) is 25.1. The molecule has 1 heterocycles. The quantitative estimate of drug-likeness (QED) is 0.267. The van der Waals surface area contributed by atoms with Gasteiger partial charge in [-0.15, -0.1) is 24.0 Å². The number of benzene rings is 3. The number of aliphatic imine (C=N–C) groups is 1. The molecule has 1 saturated heterocycles. The first-order valence-electron chi connectivity index (χ1n) is 11.0. The third kappa shape index (κ3) is 6.22. The van der Waals surface area contributed by atoms with E-state index in [0.717, 1.165) is 32.0 Å². The van der Waals surface area contributed by atoms with Gasteiger partial charge in [-0.05, 0) is 28.3 Å². The molecule has 1 fully saturated rings. The smallest absolute Gasteiger partial charge is 0.223 e. The SMILES string of the molecule is CN=C(NCc1cccc2ccccc12)NCC1CC(=O)N(CCc2ccccc2)C1.I. The number of carbonyl (C=O) groups excluding carboxylic acids is 1. The van der Waals surface area contributed by atoms with E-state index in [1.54, 1.807) is 7.05 Å². The van der Waals surface area contributed by atoms with E-state index in [-0.39, 0.29) is 29.9 Å². The second-order valence-electron chi connectivity index (χ2n) is 8.09. The number of hydrogen-bond acceptors (Lipinski definition) is 2. The van der Waals surface area contributed by atoms with Gasteiger partial charge in [0, 0.05) is 45.6 Å². The first-order chi connectivity index (χ1) is 15.2. The fraction of sp³-hybridized carbons (Fsp3) is 0.308. The van der Waals surface area contributed by atoms with Gasteiger partial charge >= 0.3 is 0 Å². The maximum atomic E-state index is 12.4. The predicted molar refractivity (Wildman–Crippen MR) is 142 cm³/mol. The number of hydrogen-bond donors (Lipinski definition) is 2. The molecule has 0 saturated carbocycles. The van der Waals surface area contributed by atoms with Crippen LogP contribution in [0.5, 0.6) is 0 Å². The minimum absolute atomic E-state index is 0. The third-order valence-electron chi connectivity index (χ3n) is 5.92. The number of halogens is 1. The lowest BCUT2D eigenvalue weighted by Gasteiger charge is -2.18. The summed E-state index contributed by atoms with van der Waals surface area (Å²) in [6.45, 7) is 3.03. The number of nitrogens with one attached hydrogen (secondary N) is 2.